The number of carbonyl (C=O) groups is 3. The van der Waals surface area contributed by atoms with Gasteiger partial charge in [0, 0.05) is 17.5 Å². The molecule has 1 fully saturated rings. The Labute approximate surface area is 248 Å². The number of nitrogens with one attached hydrogen (secondary N) is 1. The smallest absolute Gasteiger partial charge is 0.244 e. The van der Waals surface area contributed by atoms with Crippen molar-refractivity contribution in [2.24, 2.45) is 16.9 Å². The molecular formula is C37H27N3O3. The van der Waals surface area contributed by atoms with E-state index in [9.17, 15) is 14.4 Å². The van der Waals surface area contributed by atoms with Gasteiger partial charge >= 0.3 is 0 Å². The maximum atomic E-state index is 14.7. The van der Waals surface area contributed by atoms with Crippen LogP contribution in [0.1, 0.15) is 33.7 Å². The molecule has 9 rings (SSSR count). The predicted octanol–water partition coefficient (Wildman–Crippen LogP) is 5.74. The molecule has 0 saturated carbocycles. The van der Waals surface area contributed by atoms with Crippen molar-refractivity contribution in [3.05, 3.63) is 149 Å². The second kappa shape index (κ2) is 9.60. The highest BCUT2D eigenvalue weighted by Crippen LogP contribution is 2.63. The summed E-state index contributed by atoms with van der Waals surface area (Å²) in [7, 11) is 0. The quantitative estimate of drug-likeness (QED) is 0.169. The minimum Gasteiger partial charge on any atom is -0.274 e. The van der Waals surface area contributed by atoms with Gasteiger partial charge in [0.1, 0.15) is 0 Å². The maximum absolute atomic E-state index is 14.7. The third-order valence-corrected chi connectivity index (χ3v) is 9.36. The third kappa shape index (κ3) is 3.59. The van der Waals surface area contributed by atoms with E-state index < -0.39 is 17.3 Å². The van der Waals surface area contributed by atoms with Crippen molar-refractivity contribution in [3.8, 4) is 0 Å². The van der Waals surface area contributed by atoms with Crippen molar-refractivity contribution in [1.29, 1.82) is 0 Å². The minimum atomic E-state index is -1.04. The standard InChI is InChI=1S/C37H27N3O3/c41-31(21-23-11-2-1-3-12-23)39-38-22-37-28-18-8-6-16-26(28)32(27-17-7-9-19-29(27)37)33-34(37)36(43)40(35(33)42)30-20-10-14-24-13-4-5-15-25(24)30/h1-20,22,32-34H,21H2,(H,39,41)/b38-22-/t32?,33-,34+,37?/m0/s1. The van der Waals surface area contributed by atoms with Crippen molar-refractivity contribution < 1.29 is 14.4 Å². The Balaban J connectivity index is 1.28. The van der Waals surface area contributed by atoms with Gasteiger partial charge < -0.3 is 0 Å². The number of amides is 3. The highest BCUT2D eigenvalue weighted by atomic mass is 16.2. The molecule has 1 aliphatic heterocycles. The minimum absolute atomic E-state index is 0.179. The third-order valence-electron chi connectivity index (χ3n) is 9.36. The molecule has 2 bridgehead atoms. The fraction of sp³-hybridized carbons (Fsp3) is 0.135. The summed E-state index contributed by atoms with van der Waals surface area (Å²) in [4.78, 5) is 43.5. The summed E-state index contributed by atoms with van der Waals surface area (Å²) < 4.78 is 0. The second-order valence-corrected chi connectivity index (χ2v) is 11.5. The Bertz CT molecular complexity index is 1930. The molecule has 1 heterocycles. The number of fused-ring (bicyclic) bond motifs is 1. The largest absolute Gasteiger partial charge is 0.274 e. The van der Waals surface area contributed by atoms with Crippen LogP contribution >= 0.6 is 0 Å². The average molecular weight is 562 g/mol. The lowest BCUT2D eigenvalue weighted by atomic mass is 9.47. The van der Waals surface area contributed by atoms with E-state index in [1.165, 1.54) is 4.90 Å². The second-order valence-electron chi connectivity index (χ2n) is 11.5. The van der Waals surface area contributed by atoms with Gasteiger partial charge in [0.2, 0.25) is 17.7 Å². The summed E-state index contributed by atoms with van der Waals surface area (Å²) in [5.41, 5.74) is 7.07. The normalized spacial score (nSPS) is 23.3. The number of carbonyl (C=O) groups excluding carboxylic acids is 3. The molecule has 5 aromatic carbocycles. The van der Waals surface area contributed by atoms with E-state index in [-0.39, 0.29) is 30.1 Å². The zero-order chi connectivity index (χ0) is 29.1. The molecule has 5 aromatic rings. The summed E-state index contributed by atoms with van der Waals surface area (Å²) in [6, 6.07) is 39.1. The lowest BCUT2D eigenvalue weighted by molar-refractivity contribution is -0.123. The van der Waals surface area contributed by atoms with Crippen molar-refractivity contribution in [1.82, 2.24) is 5.43 Å². The first-order chi connectivity index (χ1) is 21.1. The van der Waals surface area contributed by atoms with Gasteiger partial charge in [-0.05, 0) is 39.3 Å². The lowest BCUT2D eigenvalue weighted by Crippen LogP contribution is -2.54. The molecule has 6 heteroatoms. The Kier molecular flexibility index (Phi) is 5.66. The Morgan fingerprint density at radius 3 is 2.12 bits per heavy atom. The fourth-order valence-corrected chi connectivity index (χ4v) is 7.72. The Morgan fingerprint density at radius 1 is 0.744 bits per heavy atom. The molecule has 0 aromatic heterocycles. The average Bonchev–Trinajstić information content (AvgIpc) is 3.31. The predicted molar refractivity (Wildman–Crippen MR) is 166 cm³/mol. The van der Waals surface area contributed by atoms with Gasteiger partial charge in [0.25, 0.3) is 0 Å². The van der Waals surface area contributed by atoms with Crippen LogP contribution < -0.4 is 10.3 Å². The zero-order valence-corrected chi connectivity index (χ0v) is 23.2. The first-order valence-corrected chi connectivity index (χ1v) is 14.5. The van der Waals surface area contributed by atoms with Crippen molar-refractivity contribution in [2.45, 2.75) is 17.8 Å². The van der Waals surface area contributed by atoms with Crippen LogP contribution in [0, 0.1) is 11.8 Å². The van der Waals surface area contributed by atoms with Gasteiger partial charge in [-0.15, -0.1) is 0 Å². The molecular weight excluding hydrogens is 534 g/mol. The number of hydrogen-bond donors (Lipinski definition) is 1. The summed E-state index contributed by atoms with van der Waals surface area (Å²) in [6.07, 6.45) is 1.89. The van der Waals surface area contributed by atoms with E-state index in [0.717, 1.165) is 38.6 Å². The van der Waals surface area contributed by atoms with Gasteiger partial charge in [-0.1, -0.05) is 115 Å². The molecule has 208 valence electrons. The van der Waals surface area contributed by atoms with Crippen LogP contribution in [0.3, 0.4) is 0 Å². The van der Waals surface area contributed by atoms with Gasteiger partial charge in [0.15, 0.2) is 0 Å². The number of hydrogen-bond acceptors (Lipinski definition) is 4. The Hall–Kier alpha value is -5.36. The highest BCUT2D eigenvalue weighted by molar-refractivity contribution is 6.27. The topological polar surface area (TPSA) is 78.8 Å². The van der Waals surface area contributed by atoms with Crippen molar-refractivity contribution >= 4 is 40.4 Å². The van der Waals surface area contributed by atoms with Gasteiger partial charge in [-0.2, -0.15) is 5.10 Å². The van der Waals surface area contributed by atoms with Crippen LogP contribution in [-0.2, 0) is 26.2 Å². The monoisotopic (exact) mass is 561 g/mol. The number of nitrogens with zero attached hydrogens (tertiary/aromatic N) is 2. The summed E-state index contributed by atoms with van der Waals surface area (Å²) in [5, 5.41) is 6.33. The summed E-state index contributed by atoms with van der Waals surface area (Å²) in [6.45, 7) is 0. The molecule has 0 unspecified atom stereocenters. The molecule has 0 radical (unpaired) electrons. The first kappa shape index (κ1) is 25.4. The van der Waals surface area contributed by atoms with Crippen LogP contribution in [0.2, 0.25) is 0 Å². The van der Waals surface area contributed by atoms with E-state index in [4.69, 9.17) is 0 Å². The summed E-state index contributed by atoms with van der Waals surface area (Å²) >= 11 is 0. The highest BCUT2D eigenvalue weighted by Gasteiger charge is 2.68. The molecule has 2 atom stereocenters. The molecule has 4 aliphatic rings. The molecule has 3 aliphatic carbocycles. The number of benzene rings is 5. The van der Waals surface area contributed by atoms with Gasteiger partial charge in [-0.3, -0.25) is 14.4 Å². The van der Waals surface area contributed by atoms with E-state index in [2.05, 4.69) is 22.7 Å². The SMILES string of the molecule is O=C(Cc1ccccc1)N/N=C\C12c3ccccc3C(c3ccccc31)[C@@H]1C(=O)N(c3cccc4ccccc34)C(=O)[C@@H]12. The maximum Gasteiger partial charge on any atom is 0.244 e. The molecule has 6 nitrogen and oxygen atoms in total. The van der Waals surface area contributed by atoms with Crippen LogP contribution in [0.4, 0.5) is 5.69 Å². The van der Waals surface area contributed by atoms with Crippen LogP contribution in [-0.4, -0.2) is 23.9 Å². The Morgan fingerprint density at radius 2 is 1.37 bits per heavy atom. The molecule has 3 amide bonds. The number of hydrazone groups is 1. The first-order valence-electron chi connectivity index (χ1n) is 14.5. The summed E-state index contributed by atoms with van der Waals surface area (Å²) in [5.74, 6) is -2.30. The van der Waals surface area contributed by atoms with Gasteiger partial charge in [0.05, 0.1) is 29.4 Å². The van der Waals surface area contributed by atoms with E-state index in [1.807, 2.05) is 109 Å². The van der Waals surface area contributed by atoms with E-state index in [0.29, 0.717) is 5.69 Å². The molecule has 43 heavy (non-hydrogen) atoms. The molecule has 1 saturated heterocycles. The number of anilines is 1. The number of imide groups is 1. The molecule has 0 spiro atoms. The van der Waals surface area contributed by atoms with Crippen LogP contribution in [0.25, 0.3) is 10.8 Å². The zero-order valence-electron chi connectivity index (χ0n) is 23.2. The number of rotatable bonds is 5. The lowest BCUT2D eigenvalue weighted by Gasteiger charge is -2.52. The fourth-order valence-electron chi connectivity index (χ4n) is 7.72. The van der Waals surface area contributed by atoms with Gasteiger partial charge in [-0.25, -0.2) is 10.3 Å². The van der Waals surface area contributed by atoms with Crippen LogP contribution in [0.15, 0.2) is 126 Å². The molecule has 1 N–H and O–H groups in total. The van der Waals surface area contributed by atoms with E-state index in [1.54, 1.807) is 6.21 Å². The van der Waals surface area contributed by atoms with Crippen LogP contribution in [0.5, 0.6) is 0 Å². The van der Waals surface area contributed by atoms with Crippen molar-refractivity contribution in [2.75, 3.05) is 4.90 Å². The van der Waals surface area contributed by atoms with E-state index >= 15 is 0 Å². The van der Waals surface area contributed by atoms with Crippen molar-refractivity contribution in [3.63, 3.8) is 0 Å².